The SMILES string of the molecule is C[C@@H](NCCCc1cccc(C(F)(F)F)c1)c1cccc2ccc#cc12. The summed E-state index contributed by atoms with van der Waals surface area (Å²) in [6.45, 7) is 2.81. The lowest BCUT2D eigenvalue weighted by atomic mass is 10.0. The average molecular weight is 355 g/mol. The van der Waals surface area contributed by atoms with Crippen molar-refractivity contribution in [1.29, 1.82) is 0 Å². The maximum absolute atomic E-state index is 12.8. The quantitative estimate of drug-likeness (QED) is 0.556. The summed E-state index contributed by atoms with van der Waals surface area (Å²) in [6.07, 6.45) is -2.91. The minimum Gasteiger partial charge on any atom is -0.310 e. The van der Waals surface area contributed by atoms with Gasteiger partial charge in [-0.1, -0.05) is 48.5 Å². The van der Waals surface area contributed by atoms with Crippen LogP contribution in [0.15, 0.2) is 54.6 Å². The fourth-order valence-corrected chi connectivity index (χ4v) is 3.10. The number of hydrogen-bond acceptors (Lipinski definition) is 1. The molecule has 0 saturated carbocycles. The van der Waals surface area contributed by atoms with Gasteiger partial charge in [0.15, 0.2) is 0 Å². The van der Waals surface area contributed by atoms with E-state index in [0.29, 0.717) is 12.0 Å². The Hall–Kier alpha value is -2.51. The van der Waals surface area contributed by atoms with E-state index in [1.165, 1.54) is 12.1 Å². The minimum atomic E-state index is -4.29. The topological polar surface area (TPSA) is 12.0 Å². The van der Waals surface area contributed by atoms with Crippen LogP contribution in [0.25, 0.3) is 10.8 Å². The third-order valence-electron chi connectivity index (χ3n) is 4.49. The number of halogens is 3. The lowest BCUT2D eigenvalue weighted by Gasteiger charge is -2.16. The van der Waals surface area contributed by atoms with Gasteiger partial charge in [-0.25, -0.2) is 0 Å². The van der Waals surface area contributed by atoms with Gasteiger partial charge in [0.25, 0.3) is 0 Å². The van der Waals surface area contributed by atoms with Crippen molar-refractivity contribution in [2.45, 2.75) is 32.0 Å². The molecule has 1 N–H and O–H groups in total. The van der Waals surface area contributed by atoms with Crippen LogP contribution in [0.4, 0.5) is 13.2 Å². The van der Waals surface area contributed by atoms with Crippen LogP contribution in [0, 0.1) is 12.1 Å². The van der Waals surface area contributed by atoms with E-state index in [4.69, 9.17) is 0 Å². The summed E-state index contributed by atoms with van der Waals surface area (Å²) < 4.78 is 38.3. The molecule has 3 aromatic carbocycles. The van der Waals surface area contributed by atoms with Gasteiger partial charge in [-0.3, -0.25) is 0 Å². The molecule has 0 radical (unpaired) electrons. The molecule has 0 heterocycles. The molecule has 0 saturated heterocycles. The van der Waals surface area contributed by atoms with Crippen LogP contribution < -0.4 is 5.32 Å². The monoisotopic (exact) mass is 355 g/mol. The first-order valence-corrected chi connectivity index (χ1v) is 8.65. The number of rotatable bonds is 6. The van der Waals surface area contributed by atoms with Crippen LogP contribution in [-0.4, -0.2) is 6.54 Å². The highest BCUT2D eigenvalue weighted by Crippen LogP contribution is 2.29. The normalized spacial score (nSPS) is 12.8. The number of benzene rings is 2. The maximum atomic E-state index is 12.8. The molecule has 4 heteroatoms. The predicted molar refractivity (Wildman–Crippen MR) is 97.8 cm³/mol. The molecule has 1 nitrogen and oxygen atoms in total. The third kappa shape index (κ3) is 4.36. The highest BCUT2D eigenvalue weighted by atomic mass is 19.4. The van der Waals surface area contributed by atoms with E-state index < -0.39 is 11.7 Å². The van der Waals surface area contributed by atoms with Crippen molar-refractivity contribution in [2.75, 3.05) is 6.54 Å². The maximum Gasteiger partial charge on any atom is 0.416 e. The molecule has 0 aliphatic rings. The number of alkyl halides is 3. The smallest absolute Gasteiger partial charge is 0.310 e. The molecule has 3 rings (SSSR count). The summed E-state index contributed by atoms with van der Waals surface area (Å²) in [5.41, 5.74) is 1.28. The summed E-state index contributed by atoms with van der Waals surface area (Å²) in [7, 11) is 0. The summed E-state index contributed by atoms with van der Waals surface area (Å²) in [5, 5.41) is 5.62. The Balaban J connectivity index is 1.57. The standard InChI is InChI=1S/C22H20F3N/c1-16(20-13-5-10-18-9-2-3-12-21(18)20)26-14-6-8-17-7-4-11-19(15-17)22(23,24)25/h2,4-5,7,9-11,13,15-16,26H,6,8,14H2,1H3/t16-/m1/s1. The Bertz CT molecular complexity index is 865. The van der Waals surface area contributed by atoms with E-state index in [0.717, 1.165) is 35.4 Å². The molecule has 1 atom stereocenters. The van der Waals surface area contributed by atoms with Gasteiger partial charge in [-0.05, 0) is 61.0 Å². The van der Waals surface area contributed by atoms with Gasteiger partial charge in [-0.2, -0.15) is 13.2 Å². The van der Waals surface area contributed by atoms with E-state index in [2.05, 4.69) is 30.4 Å². The molecule has 0 aliphatic carbocycles. The molecule has 0 aliphatic heterocycles. The second-order valence-corrected chi connectivity index (χ2v) is 6.39. The lowest BCUT2D eigenvalue weighted by molar-refractivity contribution is -0.137. The number of aryl methyl sites for hydroxylation is 1. The van der Waals surface area contributed by atoms with Crippen molar-refractivity contribution >= 4 is 10.8 Å². The molecule has 0 fully saturated rings. The van der Waals surface area contributed by atoms with Gasteiger partial charge in [0.2, 0.25) is 0 Å². The molecule has 3 aromatic rings. The van der Waals surface area contributed by atoms with Gasteiger partial charge in [0.05, 0.1) is 5.56 Å². The molecule has 0 amide bonds. The van der Waals surface area contributed by atoms with Gasteiger partial charge < -0.3 is 5.32 Å². The number of fused-ring (bicyclic) bond motifs is 1. The molecular formula is C22H20F3N. The average Bonchev–Trinajstić information content (AvgIpc) is 2.64. The number of nitrogens with one attached hydrogen (secondary N) is 1. The van der Waals surface area contributed by atoms with Crippen LogP contribution >= 0.6 is 0 Å². The lowest BCUT2D eigenvalue weighted by Crippen LogP contribution is -2.20. The van der Waals surface area contributed by atoms with Crippen molar-refractivity contribution in [3.8, 4) is 0 Å². The predicted octanol–water partition coefficient (Wildman–Crippen LogP) is 5.74. The summed E-state index contributed by atoms with van der Waals surface area (Å²) in [4.78, 5) is 0. The zero-order chi connectivity index (χ0) is 18.6. The van der Waals surface area contributed by atoms with Crippen LogP contribution in [0.3, 0.4) is 0 Å². The first kappa shape index (κ1) is 18.3. The van der Waals surface area contributed by atoms with E-state index in [1.807, 2.05) is 24.3 Å². The highest BCUT2D eigenvalue weighted by molar-refractivity contribution is 5.84. The largest absolute Gasteiger partial charge is 0.416 e. The molecule has 0 unspecified atom stereocenters. The fraction of sp³-hybridized carbons (Fsp3) is 0.273. The van der Waals surface area contributed by atoms with Crippen molar-refractivity contribution in [3.05, 3.63) is 83.4 Å². The van der Waals surface area contributed by atoms with Crippen molar-refractivity contribution in [3.63, 3.8) is 0 Å². The number of hydrogen-bond donors (Lipinski definition) is 1. The Labute approximate surface area is 151 Å². The van der Waals surface area contributed by atoms with Crippen molar-refractivity contribution < 1.29 is 13.2 Å². The van der Waals surface area contributed by atoms with Crippen molar-refractivity contribution in [2.24, 2.45) is 0 Å². The Morgan fingerprint density at radius 1 is 1.08 bits per heavy atom. The third-order valence-corrected chi connectivity index (χ3v) is 4.49. The van der Waals surface area contributed by atoms with E-state index >= 15 is 0 Å². The van der Waals surface area contributed by atoms with Gasteiger partial charge in [0, 0.05) is 11.4 Å². The van der Waals surface area contributed by atoms with Gasteiger partial charge >= 0.3 is 6.18 Å². The molecule has 0 bridgehead atoms. The van der Waals surface area contributed by atoms with Crippen LogP contribution in [0.1, 0.15) is 36.1 Å². The highest BCUT2D eigenvalue weighted by Gasteiger charge is 2.30. The second kappa shape index (κ2) is 7.80. The molecule has 26 heavy (non-hydrogen) atoms. The molecule has 0 spiro atoms. The summed E-state index contributed by atoms with van der Waals surface area (Å²) in [6, 6.07) is 21.8. The zero-order valence-electron chi connectivity index (χ0n) is 14.5. The van der Waals surface area contributed by atoms with Crippen LogP contribution in [0.5, 0.6) is 0 Å². The Morgan fingerprint density at radius 2 is 1.88 bits per heavy atom. The molecule has 134 valence electrons. The Kier molecular flexibility index (Phi) is 5.49. The van der Waals surface area contributed by atoms with Crippen LogP contribution in [0.2, 0.25) is 0 Å². The molecule has 0 aromatic heterocycles. The first-order valence-electron chi connectivity index (χ1n) is 8.65. The Morgan fingerprint density at radius 3 is 2.69 bits per heavy atom. The second-order valence-electron chi connectivity index (χ2n) is 6.39. The van der Waals surface area contributed by atoms with Crippen LogP contribution in [-0.2, 0) is 12.6 Å². The first-order chi connectivity index (χ1) is 12.4. The summed E-state index contributed by atoms with van der Waals surface area (Å²) in [5.74, 6) is 0. The zero-order valence-corrected chi connectivity index (χ0v) is 14.5. The van der Waals surface area contributed by atoms with E-state index in [1.54, 1.807) is 6.07 Å². The molecular weight excluding hydrogens is 335 g/mol. The van der Waals surface area contributed by atoms with Gasteiger partial charge in [-0.15, -0.1) is 0 Å². The van der Waals surface area contributed by atoms with Gasteiger partial charge in [0.1, 0.15) is 0 Å². The van der Waals surface area contributed by atoms with Crippen molar-refractivity contribution in [1.82, 2.24) is 5.32 Å². The van der Waals surface area contributed by atoms with E-state index in [-0.39, 0.29) is 6.04 Å². The fourth-order valence-electron chi connectivity index (χ4n) is 3.10. The van der Waals surface area contributed by atoms with E-state index in [9.17, 15) is 13.2 Å². The minimum absolute atomic E-state index is 0.132. The summed E-state index contributed by atoms with van der Waals surface area (Å²) >= 11 is 0.